The average molecular weight is 601 g/mol. The van der Waals surface area contributed by atoms with Crippen LogP contribution >= 0.6 is 23.5 Å². The molecule has 0 radical (unpaired) electrons. The number of rotatable bonds is 11. The number of nitrogens with one attached hydrogen (secondary N) is 1. The molecule has 0 bridgehead atoms. The maximum absolute atomic E-state index is 12.6. The van der Waals surface area contributed by atoms with Gasteiger partial charge in [-0.05, 0) is 6.08 Å². The molecule has 1 aromatic rings. The molecule has 38 heavy (non-hydrogen) atoms. The fourth-order valence-corrected chi connectivity index (χ4v) is 6.55. The number of carbonyl (C=O) groups excluding carboxylic acids is 1. The molecule has 21 heteroatoms. The van der Waals surface area contributed by atoms with Crippen molar-refractivity contribution in [2.45, 2.75) is 31.3 Å². The van der Waals surface area contributed by atoms with E-state index in [1.54, 1.807) is 6.07 Å². The zero-order valence-electron chi connectivity index (χ0n) is 18.9. The Bertz CT molecular complexity index is 1280. The average Bonchev–Trinajstić information content (AvgIpc) is 3.14. The summed E-state index contributed by atoms with van der Waals surface area (Å²) in [6.07, 6.45) is -0.764. The second-order valence-corrected chi connectivity index (χ2v) is 12.3. The summed E-state index contributed by atoms with van der Waals surface area (Å²) in [5.41, 5.74) is 0.201. The predicted molar refractivity (Wildman–Crippen MR) is 124 cm³/mol. The van der Waals surface area contributed by atoms with Gasteiger partial charge in [-0.3, -0.25) is 24.4 Å². The molecule has 210 valence electrons. The number of nitrogens with zero attached hydrogens (tertiary/aromatic N) is 2. The van der Waals surface area contributed by atoms with Crippen LogP contribution in [0.1, 0.15) is 12.0 Å². The number of carbonyl (C=O) groups is 1. The molecule has 6 atom stereocenters. The molecule has 3 rings (SSSR count). The van der Waals surface area contributed by atoms with Crippen molar-refractivity contribution < 1.29 is 66.0 Å². The Kier molecular flexibility index (Phi) is 9.53. The minimum Gasteiger partial charge on any atom is -0.390 e. The fraction of sp³-hybridized carbons (Fsp3) is 0.412. The number of ether oxygens (including phenoxy) is 1. The van der Waals surface area contributed by atoms with Crippen molar-refractivity contribution in [3.05, 3.63) is 52.1 Å². The molecule has 1 aromatic carbocycles. The Morgan fingerprint density at radius 3 is 2.45 bits per heavy atom. The molecule has 18 nitrogen and oxygen atoms in total. The van der Waals surface area contributed by atoms with Crippen molar-refractivity contribution in [3.63, 3.8) is 0 Å². The van der Waals surface area contributed by atoms with Gasteiger partial charge in [-0.15, -0.1) is 0 Å². The van der Waals surface area contributed by atoms with Crippen LogP contribution in [-0.2, 0) is 42.9 Å². The van der Waals surface area contributed by atoms with Gasteiger partial charge in [0.1, 0.15) is 11.9 Å². The Balaban J connectivity index is 1.58. The highest BCUT2D eigenvalue weighted by Gasteiger charge is 2.44. The van der Waals surface area contributed by atoms with Crippen LogP contribution in [0, 0.1) is 16.0 Å². The molecule has 0 aliphatic carbocycles. The number of nitro groups is 1. The van der Waals surface area contributed by atoms with Gasteiger partial charge >= 0.3 is 23.5 Å². The number of benzene rings is 1. The monoisotopic (exact) mass is 601 g/mol. The minimum atomic E-state index is -5.70. The van der Waals surface area contributed by atoms with E-state index in [-0.39, 0.29) is 24.5 Å². The van der Waals surface area contributed by atoms with E-state index in [1.807, 2.05) is 0 Å². The van der Waals surface area contributed by atoms with Crippen molar-refractivity contribution >= 4 is 40.9 Å². The lowest BCUT2D eigenvalue weighted by molar-refractivity contribution is -0.385. The smallest absolute Gasteiger partial charge is 0.390 e. The Morgan fingerprint density at radius 2 is 1.82 bits per heavy atom. The molecule has 0 spiro atoms. The van der Waals surface area contributed by atoms with Gasteiger partial charge in [0.25, 0.3) is 5.69 Å². The van der Waals surface area contributed by atoms with E-state index in [1.165, 1.54) is 30.4 Å². The van der Waals surface area contributed by atoms with Crippen LogP contribution in [0.2, 0.25) is 0 Å². The van der Waals surface area contributed by atoms with Gasteiger partial charge in [0, 0.05) is 12.5 Å². The Morgan fingerprint density at radius 1 is 1.13 bits per heavy atom. The maximum Gasteiger partial charge on any atom is 0.490 e. The number of aliphatic imine (C=N–C) groups is 1. The topological polar surface area (TPSA) is 274 Å². The maximum atomic E-state index is 12.6. The number of amidine groups is 1. The Hall–Kier alpha value is -2.17. The second-order valence-electron chi connectivity index (χ2n) is 7.86. The number of aliphatic hydroxyl groups is 1. The van der Waals surface area contributed by atoms with Crippen molar-refractivity contribution in [2.24, 2.45) is 10.9 Å². The molecule has 1 amide bonds. The first kappa shape index (κ1) is 30.4. The molecule has 2 heterocycles. The molecule has 1 saturated heterocycles. The first-order chi connectivity index (χ1) is 17.6. The van der Waals surface area contributed by atoms with Gasteiger partial charge < -0.3 is 34.7 Å². The summed E-state index contributed by atoms with van der Waals surface area (Å²) in [6.45, 7) is -0.953. The summed E-state index contributed by atoms with van der Waals surface area (Å²) in [5, 5.41) is 23.8. The van der Waals surface area contributed by atoms with E-state index >= 15 is 0 Å². The van der Waals surface area contributed by atoms with Gasteiger partial charge in [0.2, 0.25) is 5.91 Å². The zero-order valence-corrected chi connectivity index (χ0v) is 21.6. The molecule has 6 N–H and O–H groups in total. The first-order valence-corrected chi connectivity index (χ1v) is 14.9. The van der Waals surface area contributed by atoms with E-state index in [9.17, 15) is 38.6 Å². The number of hydrogen-bond donors (Lipinski definition) is 6. The third-order valence-corrected chi connectivity index (χ3v) is 8.90. The van der Waals surface area contributed by atoms with Gasteiger partial charge in [0.15, 0.2) is 0 Å². The molecular formula is C17H22N3O15P3. The summed E-state index contributed by atoms with van der Waals surface area (Å²) in [6, 6.07) is 5.96. The van der Waals surface area contributed by atoms with Crippen LogP contribution in [0.3, 0.4) is 0 Å². The van der Waals surface area contributed by atoms with Crippen molar-refractivity contribution in [2.75, 3.05) is 6.61 Å². The lowest BCUT2D eigenvalue weighted by atomic mass is 9.95. The zero-order chi connectivity index (χ0) is 28.3. The third kappa shape index (κ3) is 8.68. The van der Waals surface area contributed by atoms with Crippen molar-refractivity contribution in [1.29, 1.82) is 0 Å². The summed E-state index contributed by atoms with van der Waals surface area (Å²) < 4.78 is 51.1. The molecule has 0 saturated carbocycles. The van der Waals surface area contributed by atoms with E-state index in [2.05, 4.69) is 23.5 Å². The molecule has 3 unspecified atom stereocenters. The number of nitro benzene ring substituents is 1. The van der Waals surface area contributed by atoms with Gasteiger partial charge in [0.05, 0.1) is 41.8 Å². The molecule has 2 aliphatic rings. The van der Waals surface area contributed by atoms with E-state index in [4.69, 9.17) is 19.4 Å². The summed E-state index contributed by atoms with van der Waals surface area (Å²) in [5.74, 6) is -1.36. The first-order valence-electron chi connectivity index (χ1n) is 10.4. The molecular weight excluding hydrogens is 579 g/mol. The highest BCUT2D eigenvalue weighted by Crippen LogP contribution is 2.66. The second kappa shape index (κ2) is 11.9. The summed E-state index contributed by atoms with van der Waals surface area (Å²) >= 11 is 0. The van der Waals surface area contributed by atoms with Crippen LogP contribution in [-0.4, -0.2) is 66.3 Å². The van der Waals surface area contributed by atoms with E-state index in [0.29, 0.717) is 5.56 Å². The predicted octanol–water partition coefficient (Wildman–Crippen LogP) is 0.657. The molecule has 2 aliphatic heterocycles. The largest absolute Gasteiger partial charge is 0.490 e. The SMILES string of the molecule is O=C1NC(=NCc2ccccc2[N+](=O)[O-])C=CC1[C@H]1C[C@@H](O)[C@@H](COP(=O)(O)OP(=O)(O)OP(=O)(O)O)O1. The van der Waals surface area contributed by atoms with Gasteiger partial charge in [-0.25, -0.2) is 13.7 Å². The van der Waals surface area contributed by atoms with Crippen molar-refractivity contribution in [3.8, 4) is 0 Å². The van der Waals surface area contributed by atoms with Crippen LogP contribution in [0.25, 0.3) is 0 Å². The van der Waals surface area contributed by atoms with E-state index in [0.717, 1.165) is 0 Å². The highest BCUT2D eigenvalue weighted by molar-refractivity contribution is 7.66. The Labute approximate surface area is 213 Å². The standard InChI is InChI=1S/C17H22N3O15P3/c21-13-7-14(33-15(13)9-32-37(28,29)35-38(30,31)34-36(25,26)27)11-5-6-16(19-17(11)22)18-8-10-3-1-2-4-12(10)20(23)24/h1-6,11,13-15,21H,7-9H2,(H,28,29)(H,30,31)(H,18,19,22)(H2,25,26,27)/t11?,13-,14-,15-/m1/s1. The number of phosphoric acid groups is 3. The lowest BCUT2D eigenvalue weighted by Crippen LogP contribution is -2.42. The van der Waals surface area contributed by atoms with Crippen molar-refractivity contribution in [1.82, 2.24) is 5.32 Å². The summed E-state index contributed by atoms with van der Waals surface area (Å²) in [7, 11) is -16.7. The number of hydrogen-bond acceptors (Lipinski definition) is 12. The van der Waals surface area contributed by atoms with Gasteiger partial charge in [-0.1, -0.05) is 24.3 Å². The minimum absolute atomic E-state index is 0.0803. The van der Waals surface area contributed by atoms with Crippen LogP contribution in [0.15, 0.2) is 41.4 Å². The quantitative estimate of drug-likeness (QED) is 0.115. The van der Waals surface area contributed by atoms with Crippen LogP contribution < -0.4 is 5.32 Å². The number of aliphatic hydroxyl groups excluding tert-OH is 1. The fourth-order valence-electron chi connectivity index (χ4n) is 3.52. The van der Waals surface area contributed by atoms with E-state index < -0.39 is 65.1 Å². The lowest BCUT2D eigenvalue weighted by Gasteiger charge is -2.23. The molecule has 1 fully saturated rings. The van der Waals surface area contributed by atoms with Crippen LogP contribution in [0.5, 0.6) is 0 Å². The van der Waals surface area contributed by atoms with Gasteiger partial charge in [-0.2, -0.15) is 8.62 Å². The number of para-hydroxylation sites is 1. The highest BCUT2D eigenvalue weighted by atomic mass is 31.3. The van der Waals surface area contributed by atoms with Crippen LogP contribution in [0.4, 0.5) is 5.69 Å². The normalized spacial score (nSPS) is 28.0. The third-order valence-electron chi connectivity index (χ3n) is 5.09. The number of phosphoric ester groups is 1. The number of amides is 1. The molecule has 0 aromatic heterocycles. The summed E-state index contributed by atoms with van der Waals surface area (Å²) in [4.78, 5) is 63.1.